The number of nitrogens with one attached hydrogen (secondary N) is 1. The Morgan fingerprint density at radius 3 is 2.69 bits per heavy atom. The number of aliphatic hydroxyl groups is 2. The maximum atomic E-state index is 12.3. The Bertz CT molecular complexity index is 1120. The average molecular weight is 399 g/mol. The zero-order valence-electron chi connectivity index (χ0n) is 15.7. The third-order valence-corrected chi connectivity index (χ3v) is 4.94. The largest absolute Gasteiger partial charge is 0.394 e. The second kappa shape index (κ2) is 7.74. The van der Waals surface area contributed by atoms with Crippen LogP contribution < -0.4 is 11.2 Å². The van der Waals surface area contributed by atoms with Gasteiger partial charge in [0.05, 0.1) is 31.0 Å². The van der Waals surface area contributed by atoms with Crippen LogP contribution in [0.15, 0.2) is 46.2 Å². The fourth-order valence-corrected chi connectivity index (χ4v) is 3.31. The predicted molar refractivity (Wildman–Crippen MR) is 102 cm³/mol. The second-order valence-corrected chi connectivity index (χ2v) is 7.11. The Labute approximate surface area is 165 Å². The van der Waals surface area contributed by atoms with Gasteiger partial charge in [0, 0.05) is 12.6 Å². The van der Waals surface area contributed by atoms with Gasteiger partial charge in [-0.25, -0.2) is 9.48 Å². The highest BCUT2D eigenvalue weighted by atomic mass is 16.5. The quantitative estimate of drug-likeness (QED) is 0.540. The van der Waals surface area contributed by atoms with E-state index in [4.69, 9.17) is 4.74 Å². The van der Waals surface area contributed by atoms with E-state index in [0.717, 1.165) is 11.1 Å². The molecule has 0 aliphatic carbocycles. The number of benzene rings is 1. The molecule has 3 N–H and O–H groups in total. The SMILES string of the molecule is Cc1ccc(Cn2cc(-c3cn([C@@H]4CC(O)[C@H](CO)O4)c(=O)[nH]c3=O)nn2)cc1. The second-order valence-electron chi connectivity index (χ2n) is 7.11. The van der Waals surface area contributed by atoms with E-state index in [9.17, 15) is 19.8 Å². The van der Waals surface area contributed by atoms with Crippen LogP contribution in [0.3, 0.4) is 0 Å². The summed E-state index contributed by atoms with van der Waals surface area (Å²) in [5.41, 5.74) is 1.40. The number of hydrogen-bond donors (Lipinski definition) is 3. The van der Waals surface area contributed by atoms with Crippen LogP contribution in [0.4, 0.5) is 0 Å². The smallest absolute Gasteiger partial charge is 0.330 e. The van der Waals surface area contributed by atoms with Gasteiger partial charge in [-0.2, -0.15) is 0 Å². The molecule has 29 heavy (non-hydrogen) atoms. The molecule has 1 aliphatic rings. The minimum atomic E-state index is -0.900. The Kier molecular flexibility index (Phi) is 5.14. The molecule has 1 aromatic carbocycles. The molecule has 2 aromatic heterocycles. The standard InChI is InChI=1S/C19H21N5O5/c1-11-2-4-12(5-3-11)7-23-9-14(21-22-23)13-8-24(19(28)20-18(13)27)17-6-15(26)16(10-25)29-17/h2-5,8-9,15-17,25-26H,6-7,10H2,1H3,(H,20,27,28)/t15?,16-,17-/m0/s1. The number of ether oxygens (including phenoxy) is 1. The first kappa shape index (κ1) is 19.2. The van der Waals surface area contributed by atoms with Crippen molar-refractivity contribution in [3.05, 3.63) is 68.6 Å². The van der Waals surface area contributed by atoms with Crippen molar-refractivity contribution in [3.63, 3.8) is 0 Å². The summed E-state index contributed by atoms with van der Waals surface area (Å²) in [5, 5.41) is 27.3. The predicted octanol–water partition coefficient (Wildman–Crippen LogP) is -0.207. The summed E-state index contributed by atoms with van der Waals surface area (Å²) in [6.45, 7) is 2.13. The van der Waals surface area contributed by atoms with Crippen LogP contribution in [0.5, 0.6) is 0 Å². The van der Waals surface area contributed by atoms with Crippen molar-refractivity contribution in [2.45, 2.75) is 38.3 Å². The molecule has 4 rings (SSSR count). The zero-order valence-corrected chi connectivity index (χ0v) is 15.7. The first-order valence-corrected chi connectivity index (χ1v) is 9.20. The molecule has 0 amide bonds. The molecule has 3 atom stereocenters. The van der Waals surface area contributed by atoms with Crippen LogP contribution >= 0.6 is 0 Å². The molecule has 152 valence electrons. The van der Waals surface area contributed by atoms with Crippen LogP contribution in [0.2, 0.25) is 0 Å². The van der Waals surface area contributed by atoms with Crippen molar-refractivity contribution in [2.24, 2.45) is 0 Å². The lowest BCUT2D eigenvalue weighted by molar-refractivity contribution is -0.0458. The highest BCUT2D eigenvalue weighted by Crippen LogP contribution is 2.27. The average Bonchev–Trinajstić information content (AvgIpc) is 3.30. The Hall–Kier alpha value is -3.08. The number of H-pyrrole nitrogens is 1. The zero-order chi connectivity index (χ0) is 20.5. The van der Waals surface area contributed by atoms with Gasteiger partial charge in [-0.3, -0.25) is 14.3 Å². The third kappa shape index (κ3) is 3.90. The Morgan fingerprint density at radius 1 is 1.24 bits per heavy atom. The Balaban J connectivity index is 1.62. The minimum Gasteiger partial charge on any atom is -0.394 e. The van der Waals surface area contributed by atoms with Crippen molar-refractivity contribution in [2.75, 3.05) is 6.61 Å². The monoisotopic (exact) mass is 399 g/mol. The van der Waals surface area contributed by atoms with E-state index >= 15 is 0 Å². The van der Waals surface area contributed by atoms with E-state index in [1.165, 1.54) is 10.8 Å². The number of aliphatic hydroxyl groups excluding tert-OH is 2. The summed E-state index contributed by atoms with van der Waals surface area (Å²) in [4.78, 5) is 26.8. The molecule has 1 unspecified atom stereocenters. The summed E-state index contributed by atoms with van der Waals surface area (Å²) in [6, 6.07) is 7.99. The molecule has 0 bridgehead atoms. The molecule has 10 heteroatoms. The summed E-state index contributed by atoms with van der Waals surface area (Å²) in [7, 11) is 0. The fraction of sp³-hybridized carbons (Fsp3) is 0.368. The van der Waals surface area contributed by atoms with Crippen LogP contribution in [0.1, 0.15) is 23.8 Å². The molecule has 3 heterocycles. The van der Waals surface area contributed by atoms with Gasteiger partial charge in [-0.05, 0) is 12.5 Å². The third-order valence-electron chi connectivity index (χ3n) is 4.94. The van der Waals surface area contributed by atoms with Gasteiger partial charge in [-0.1, -0.05) is 35.0 Å². The van der Waals surface area contributed by atoms with E-state index in [2.05, 4.69) is 15.3 Å². The van der Waals surface area contributed by atoms with Crippen LogP contribution in [0, 0.1) is 6.92 Å². The van der Waals surface area contributed by atoms with E-state index in [-0.39, 0.29) is 18.6 Å². The van der Waals surface area contributed by atoms with Crippen LogP contribution in [-0.2, 0) is 11.3 Å². The molecule has 1 saturated heterocycles. The minimum absolute atomic E-state index is 0.122. The molecule has 1 fully saturated rings. The number of aryl methyl sites for hydroxylation is 1. The highest BCUT2D eigenvalue weighted by Gasteiger charge is 2.35. The van der Waals surface area contributed by atoms with E-state index < -0.39 is 29.7 Å². The summed E-state index contributed by atoms with van der Waals surface area (Å²) >= 11 is 0. The van der Waals surface area contributed by atoms with Crippen molar-refractivity contribution in [3.8, 4) is 11.3 Å². The van der Waals surface area contributed by atoms with Crippen molar-refractivity contribution in [1.29, 1.82) is 0 Å². The number of hydrogen-bond acceptors (Lipinski definition) is 7. The maximum Gasteiger partial charge on any atom is 0.330 e. The van der Waals surface area contributed by atoms with Crippen LogP contribution in [0.25, 0.3) is 11.3 Å². The van der Waals surface area contributed by atoms with Gasteiger partial charge in [0.15, 0.2) is 0 Å². The molecular formula is C19H21N5O5. The van der Waals surface area contributed by atoms with Gasteiger partial charge in [0.1, 0.15) is 18.0 Å². The van der Waals surface area contributed by atoms with Gasteiger partial charge in [-0.15, -0.1) is 5.10 Å². The number of aromatic amines is 1. The summed E-state index contributed by atoms with van der Waals surface area (Å²) in [6.07, 6.45) is 0.614. The molecule has 10 nitrogen and oxygen atoms in total. The van der Waals surface area contributed by atoms with Crippen molar-refractivity contribution in [1.82, 2.24) is 24.5 Å². The van der Waals surface area contributed by atoms with Crippen molar-refractivity contribution >= 4 is 0 Å². The molecular weight excluding hydrogens is 378 g/mol. The van der Waals surface area contributed by atoms with Gasteiger partial charge in [0.25, 0.3) is 5.56 Å². The van der Waals surface area contributed by atoms with Gasteiger partial charge >= 0.3 is 5.69 Å². The molecule has 1 aliphatic heterocycles. The Morgan fingerprint density at radius 2 is 2.00 bits per heavy atom. The fourth-order valence-electron chi connectivity index (χ4n) is 3.31. The van der Waals surface area contributed by atoms with Crippen LogP contribution in [-0.4, -0.2) is 53.6 Å². The highest BCUT2D eigenvalue weighted by molar-refractivity contribution is 5.54. The lowest BCUT2D eigenvalue weighted by atomic mass is 10.1. The maximum absolute atomic E-state index is 12.3. The molecule has 0 spiro atoms. The first-order valence-electron chi connectivity index (χ1n) is 9.20. The van der Waals surface area contributed by atoms with Gasteiger partial charge < -0.3 is 14.9 Å². The van der Waals surface area contributed by atoms with Gasteiger partial charge in [0.2, 0.25) is 0 Å². The number of aromatic nitrogens is 5. The summed E-state index contributed by atoms with van der Waals surface area (Å²) < 4.78 is 8.31. The lowest BCUT2D eigenvalue weighted by Gasteiger charge is -2.14. The lowest BCUT2D eigenvalue weighted by Crippen LogP contribution is -2.33. The molecule has 0 radical (unpaired) electrons. The topological polar surface area (TPSA) is 135 Å². The normalized spacial score (nSPS) is 21.6. The summed E-state index contributed by atoms with van der Waals surface area (Å²) in [5.74, 6) is 0. The number of rotatable bonds is 5. The van der Waals surface area contributed by atoms with Crippen molar-refractivity contribution < 1.29 is 14.9 Å². The van der Waals surface area contributed by atoms with E-state index in [0.29, 0.717) is 12.2 Å². The molecule has 3 aromatic rings. The van der Waals surface area contributed by atoms with E-state index in [1.807, 2.05) is 31.2 Å². The van der Waals surface area contributed by atoms with E-state index in [1.54, 1.807) is 10.9 Å². The number of nitrogens with zero attached hydrogens (tertiary/aromatic N) is 4. The first-order chi connectivity index (χ1) is 13.9. The molecule has 0 saturated carbocycles.